The van der Waals surface area contributed by atoms with E-state index in [0.717, 1.165) is 12.8 Å². The quantitative estimate of drug-likeness (QED) is 0.367. The molecule has 0 bridgehead atoms. The molecule has 0 aliphatic rings. The lowest BCUT2D eigenvalue weighted by Gasteiger charge is -2.07. The highest BCUT2D eigenvalue weighted by molar-refractivity contribution is 5.80. The van der Waals surface area contributed by atoms with Crippen LogP contribution in [0.3, 0.4) is 0 Å². The maximum atomic E-state index is 11.0. The van der Waals surface area contributed by atoms with Crippen molar-refractivity contribution in [3.63, 3.8) is 0 Å². The monoisotopic (exact) mass is 297 g/mol. The first kappa shape index (κ1) is 20.6. The van der Waals surface area contributed by atoms with Gasteiger partial charge in [-0.1, -0.05) is 96.8 Å². The first-order chi connectivity index (χ1) is 10.2. The van der Waals surface area contributed by atoms with Gasteiger partial charge in [0.15, 0.2) is 0 Å². The Hall–Kier alpha value is -0.370. The normalized spacial score (nSPS) is 12.5. The van der Waals surface area contributed by atoms with Crippen LogP contribution in [0.4, 0.5) is 0 Å². The summed E-state index contributed by atoms with van der Waals surface area (Å²) in [4.78, 5) is 11.0. The molecule has 0 heterocycles. The first-order valence-electron chi connectivity index (χ1n) is 9.44. The van der Waals surface area contributed by atoms with Gasteiger partial charge in [-0.2, -0.15) is 0 Å². The number of carbonyl (C=O) groups is 1. The zero-order chi connectivity index (χ0) is 15.8. The van der Waals surface area contributed by atoms with E-state index in [1.54, 1.807) is 6.92 Å². The average Bonchev–Trinajstić information content (AvgIpc) is 2.47. The maximum Gasteiger partial charge on any atom is 0.146 e. The second-order valence-corrected chi connectivity index (χ2v) is 6.60. The van der Waals surface area contributed by atoms with Gasteiger partial charge in [-0.25, -0.2) is 0 Å². The fourth-order valence-corrected chi connectivity index (χ4v) is 2.76. The fraction of sp³-hybridized carbons (Fsp3) is 0.947. The van der Waals surface area contributed by atoms with Gasteiger partial charge in [-0.05, 0) is 13.3 Å². The highest BCUT2D eigenvalue weighted by Crippen LogP contribution is 2.13. The Morgan fingerprint density at radius 1 is 0.714 bits per heavy atom. The van der Waals surface area contributed by atoms with E-state index < -0.39 is 0 Å². The van der Waals surface area contributed by atoms with Gasteiger partial charge >= 0.3 is 0 Å². The van der Waals surface area contributed by atoms with E-state index in [1.807, 2.05) is 0 Å². The number of ketones is 1. The van der Waals surface area contributed by atoms with Crippen LogP contribution in [-0.4, -0.2) is 11.8 Å². The predicted molar refractivity (Wildman–Crippen MR) is 93.6 cm³/mol. The van der Waals surface area contributed by atoms with Crippen LogP contribution >= 0.6 is 0 Å². The lowest BCUT2D eigenvalue weighted by molar-refractivity contribution is -0.118. The van der Waals surface area contributed by atoms with Crippen LogP contribution in [-0.2, 0) is 4.79 Å². The number of unbranched alkanes of at least 4 members (excludes halogenated alkanes) is 13. The van der Waals surface area contributed by atoms with Crippen LogP contribution in [0.1, 0.15) is 110 Å². The van der Waals surface area contributed by atoms with E-state index in [1.165, 1.54) is 83.5 Å². The molecule has 0 aromatic heterocycles. The van der Waals surface area contributed by atoms with Gasteiger partial charge in [0, 0.05) is 0 Å². The number of rotatable bonds is 16. The summed E-state index contributed by atoms with van der Waals surface area (Å²) in [5.74, 6) is 0.129. The van der Waals surface area contributed by atoms with Gasteiger partial charge in [-0.3, -0.25) is 4.79 Å². The van der Waals surface area contributed by atoms with Crippen molar-refractivity contribution in [3.8, 4) is 0 Å². The molecule has 0 aromatic carbocycles. The predicted octanol–water partition coefficient (Wildman–Crippen LogP) is 5.77. The van der Waals surface area contributed by atoms with Gasteiger partial charge in [0.25, 0.3) is 0 Å². The van der Waals surface area contributed by atoms with Gasteiger partial charge in [0.1, 0.15) is 5.78 Å². The molecular formula is C19H39NO. The highest BCUT2D eigenvalue weighted by atomic mass is 16.1. The fourth-order valence-electron chi connectivity index (χ4n) is 2.76. The van der Waals surface area contributed by atoms with E-state index in [4.69, 9.17) is 5.73 Å². The van der Waals surface area contributed by atoms with Crippen molar-refractivity contribution in [2.75, 3.05) is 0 Å². The third kappa shape index (κ3) is 15.8. The van der Waals surface area contributed by atoms with Crippen LogP contribution in [0.5, 0.6) is 0 Å². The highest BCUT2D eigenvalue weighted by Gasteiger charge is 2.06. The molecule has 2 heteroatoms. The molecule has 2 nitrogen and oxygen atoms in total. The summed E-state index contributed by atoms with van der Waals surface area (Å²) in [5, 5.41) is 0. The van der Waals surface area contributed by atoms with Crippen molar-refractivity contribution >= 4 is 5.78 Å². The zero-order valence-electron chi connectivity index (χ0n) is 14.7. The lowest BCUT2D eigenvalue weighted by Crippen LogP contribution is -2.27. The molecule has 0 rings (SSSR count). The summed E-state index contributed by atoms with van der Waals surface area (Å²) >= 11 is 0. The Labute approximate surface area is 133 Å². The molecule has 0 fully saturated rings. The Morgan fingerprint density at radius 2 is 1.05 bits per heavy atom. The number of hydrogen-bond acceptors (Lipinski definition) is 2. The Morgan fingerprint density at radius 3 is 1.38 bits per heavy atom. The van der Waals surface area contributed by atoms with Crippen molar-refractivity contribution in [1.82, 2.24) is 0 Å². The minimum atomic E-state index is -0.220. The third-order valence-electron chi connectivity index (χ3n) is 4.39. The third-order valence-corrected chi connectivity index (χ3v) is 4.39. The number of nitrogens with two attached hydrogens (primary N) is 1. The summed E-state index contributed by atoms with van der Waals surface area (Å²) < 4.78 is 0. The van der Waals surface area contributed by atoms with Gasteiger partial charge in [-0.15, -0.1) is 0 Å². The second-order valence-electron chi connectivity index (χ2n) is 6.60. The molecule has 0 aromatic rings. The molecule has 0 amide bonds. The summed E-state index contributed by atoms with van der Waals surface area (Å²) in [5.41, 5.74) is 5.71. The molecule has 0 saturated heterocycles. The first-order valence-corrected chi connectivity index (χ1v) is 9.44. The van der Waals surface area contributed by atoms with Crippen LogP contribution in [0.25, 0.3) is 0 Å². The van der Waals surface area contributed by atoms with Crippen molar-refractivity contribution in [1.29, 1.82) is 0 Å². The van der Waals surface area contributed by atoms with Crippen LogP contribution in [0.15, 0.2) is 0 Å². The molecule has 2 N–H and O–H groups in total. The number of hydrogen-bond donors (Lipinski definition) is 1. The van der Waals surface area contributed by atoms with Crippen LogP contribution < -0.4 is 5.73 Å². The molecule has 126 valence electrons. The summed E-state index contributed by atoms with van der Waals surface area (Å²) in [6.45, 7) is 3.87. The SMILES string of the molecule is CCCCCCCCCCCCCCCCC(N)C(C)=O. The minimum absolute atomic E-state index is 0.129. The van der Waals surface area contributed by atoms with Crippen molar-refractivity contribution in [2.24, 2.45) is 5.73 Å². The summed E-state index contributed by atoms with van der Waals surface area (Å²) in [6, 6.07) is -0.220. The van der Waals surface area contributed by atoms with Crippen LogP contribution in [0, 0.1) is 0 Å². The minimum Gasteiger partial charge on any atom is -0.322 e. The molecule has 0 aliphatic heterocycles. The molecule has 1 unspecified atom stereocenters. The van der Waals surface area contributed by atoms with E-state index in [-0.39, 0.29) is 11.8 Å². The Bertz CT molecular complexity index is 228. The van der Waals surface area contributed by atoms with Crippen molar-refractivity contribution < 1.29 is 4.79 Å². The molecule has 0 spiro atoms. The summed E-state index contributed by atoms with van der Waals surface area (Å²) in [6.07, 6.45) is 20.0. The topological polar surface area (TPSA) is 43.1 Å². The number of carbonyl (C=O) groups excluding carboxylic acids is 1. The Kier molecular flexibility index (Phi) is 15.7. The Balaban J connectivity index is 3.04. The standard InChI is InChI=1S/C19H39NO/c1-3-4-5-6-7-8-9-10-11-12-13-14-15-16-17-19(20)18(2)21/h19H,3-17,20H2,1-2H3. The molecule has 21 heavy (non-hydrogen) atoms. The van der Waals surface area contributed by atoms with Crippen molar-refractivity contribution in [3.05, 3.63) is 0 Å². The average molecular weight is 298 g/mol. The molecule has 0 aliphatic carbocycles. The molecule has 1 atom stereocenters. The van der Waals surface area contributed by atoms with E-state index in [9.17, 15) is 4.79 Å². The van der Waals surface area contributed by atoms with Crippen LogP contribution in [0.2, 0.25) is 0 Å². The largest absolute Gasteiger partial charge is 0.322 e. The summed E-state index contributed by atoms with van der Waals surface area (Å²) in [7, 11) is 0. The lowest BCUT2D eigenvalue weighted by atomic mass is 10.0. The van der Waals surface area contributed by atoms with Gasteiger partial charge < -0.3 is 5.73 Å². The van der Waals surface area contributed by atoms with E-state index in [0.29, 0.717) is 0 Å². The van der Waals surface area contributed by atoms with Gasteiger partial charge in [0.05, 0.1) is 6.04 Å². The zero-order valence-corrected chi connectivity index (χ0v) is 14.7. The number of Topliss-reactive ketones (excluding diaryl/α,β-unsaturated/α-hetero) is 1. The van der Waals surface area contributed by atoms with Gasteiger partial charge in [0.2, 0.25) is 0 Å². The molecular weight excluding hydrogens is 258 g/mol. The van der Waals surface area contributed by atoms with Crippen molar-refractivity contribution in [2.45, 2.75) is 116 Å². The second kappa shape index (κ2) is 16.0. The molecule has 0 radical (unpaired) electrons. The molecule has 0 saturated carbocycles. The van der Waals surface area contributed by atoms with E-state index >= 15 is 0 Å². The van der Waals surface area contributed by atoms with E-state index in [2.05, 4.69) is 6.92 Å². The smallest absolute Gasteiger partial charge is 0.146 e. The maximum absolute atomic E-state index is 11.0.